The molecule has 1 aromatic rings. The average Bonchev–Trinajstić information content (AvgIpc) is 2.46. The van der Waals surface area contributed by atoms with Gasteiger partial charge in [-0.25, -0.2) is 4.79 Å². The second kappa shape index (κ2) is 5.60. The number of amides is 2. The molecule has 2 rings (SSSR count). The van der Waals surface area contributed by atoms with E-state index in [4.69, 9.17) is 0 Å². The highest BCUT2D eigenvalue weighted by atomic mass is 16.2. The number of aryl methyl sites for hydroxylation is 1. The first-order chi connectivity index (χ1) is 9.98. The van der Waals surface area contributed by atoms with Crippen molar-refractivity contribution in [3.8, 4) is 0 Å². The van der Waals surface area contributed by atoms with E-state index in [2.05, 4.69) is 38.4 Å². The van der Waals surface area contributed by atoms with Crippen LogP contribution in [0, 0.1) is 6.92 Å². The van der Waals surface area contributed by atoms with Crippen LogP contribution in [0.5, 0.6) is 0 Å². The van der Waals surface area contributed by atoms with Gasteiger partial charge in [0.05, 0.1) is 5.54 Å². The first kappa shape index (κ1) is 15.1. The number of carbonyl (C=O) groups is 1. The monoisotopic (exact) mass is 282 g/mol. The molecule has 0 saturated heterocycles. The zero-order valence-electron chi connectivity index (χ0n) is 12.9. The molecule has 21 heavy (non-hydrogen) atoms. The number of nitrogens with zero attached hydrogens (tertiary/aromatic N) is 1. The summed E-state index contributed by atoms with van der Waals surface area (Å²) >= 11 is 0. The Labute approximate surface area is 126 Å². The predicted octanol–water partition coefficient (Wildman–Crippen LogP) is 4.38. The number of hydrogen-bond acceptors (Lipinski definition) is 1. The average molecular weight is 282 g/mol. The molecule has 3 heteroatoms. The van der Waals surface area contributed by atoms with Gasteiger partial charge in [0.1, 0.15) is 0 Å². The highest BCUT2D eigenvalue weighted by molar-refractivity contribution is 5.94. The van der Waals surface area contributed by atoms with Crippen molar-refractivity contribution in [3.05, 3.63) is 66.3 Å². The Morgan fingerprint density at radius 3 is 2.71 bits per heavy atom. The Bertz CT molecular complexity index is 630. The molecule has 0 fully saturated rings. The van der Waals surface area contributed by atoms with E-state index in [1.165, 1.54) is 0 Å². The fraction of sp³-hybridized carbons (Fsp3) is 0.278. The third kappa shape index (κ3) is 2.29. The fourth-order valence-electron chi connectivity index (χ4n) is 3.03. The van der Waals surface area contributed by atoms with Crippen molar-refractivity contribution in [2.75, 3.05) is 11.9 Å². The maximum atomic E-state index is 12.4. The number of nitrogens with one attached hydrogen (secondary N) is 1. The summed E-state index contributed by atoms with van der Waals surface area (Å²) in [5.41, 5.74) is 3.51. The van der Waals surface area contributed by atoms with E-state index in [9.17, 15) is 4.79 Å². The molecule has 3 nitrogen and oxygen atoms in total. The van der Waals surface area contributed by atoms with E-state index >= 15 is 0 Å². The van der Waals surface area contributed by atoms with E-state index in [0.29, 0.717) is 6.54 Å². The predicted molar refractivity (Wildman–Crippen MR) is 88.4 cm³/mol. The van der Waals surface area contributed by atoms with Crippen LogP contribution in [-0.4, -0.2) is 17.5 Å². The van der Waals surface area contributed by atoms with Crippen LogP contribution in [0.3, 0.4) is 0 Å². The number of hydrogen-bond donors (Lipinski definition) is 1. The van der Waals surface area contributed by atoms with Crippen LogP contribution in [0.2, 0.25) is 0 Å². The minimum Gasteiger partial charge on any atom is -0.311 e. The first-order valence-electron chi connectivity index (χ1n) is 7.14. The van der Waals surface area contributed by atoms with Gasteiger partial charge in [0.15, 0.2) is 0 Å². The number of anilines is 1. The third-order valence-electron chi connectivity index (χ3n) is 4.12. The Hall–Kier alpha value is -2.29. The number of urea groups is 1. The lowest BCUT2D eigenvalue weighted by molar-refractivity contribution is 0.158. The van der Waals surface area contributed by atoms with E-state index in [1.54, 1.807) is 12.2 Å². The molecule has 1 aromatic carbocycles. The topological polar surface area (TPSA) is 32.3 Å². The molecule has 0 unspecified atom stereocenters. The van der Waals surface area contributed by atoms with Gasteiger partial charge < -0.3 is 10.2 Å². The molecule has 0 saturated carbocycles. The van der Waals surface area contributed by atoms with Crippen LogP contribution in [-0.2, 0) is 5.54 Å². The van der Waals surface area contributed by atoms with Crippen LogP contribution < -0.4 is 5.32 Å². The van der Waals surface area contributed by atoms with Crippen LogP contribution in [0.1, 0.15) is 25.0 Å². The maximum Gasteiger partial charge on any atom is 0.322 e. The minimum atomic E-state index is -0.547. The van der Waals surface area contributed by atoms with Gasteiger partial charge in [0.25, 0.3) is 0 Å². The number of rotatable bonds is 4. The van der Waals surface area contributed by atoms with Gasteiger partial charge in [-0.05, 0) is 32.4 Å². The van der Waals surface area contributed by atoms with Gasteiger partial charge in [-0.1, -0.05) is 49.1 Å². The lowest BCUT2D eigenvalue weighted by atomic mass is 9.79. The molecule has 110 valence electrons. The largest absolute Gasteiger partial charge is 0.322 e. The summed E-state index contributed by atoms with van der Waals surface area (Å²) in [6.45, 7) is 14.4. The summed E-state index contributed by atoms with van der Waals surface area (Å²) in [5.74, 6) is 0. The molecule has 0 aliphatic carbocycles. The second-order valence-corrected chi connectivity index (χ2v) is 5.36. The highest BCUT2D eigenvalue weighted by Crippen LogP contribution is 2.43. The molecule has 1 heterocycles. The zero-order valence-corrected chi connectivity index (χ0v) is 12.9. The number of benzene rings is 1. The van der Waals surface area contributed by atoms with Gasteiger partial charge >= 0.3 is 6.03 Å². The quantitative estimate of drug-likeness (QED) is 0.817. The summed E-state index contributed by atoms with van der Waals surface area (Å²) < 4.78 is 0. The van der Waals surface area contributed by atoms with Crippen LogP contribution in [0.4, 0.5) is 10.5 Å². The molecule has 0 spiro atoms. The summed E-state index contributed by atoms with van der Waals surface area (Å²) in [5, 5.41) is 2.96. The van der Waals surface area contributed by atoms with Gasteiger partial charge in [0, 0.05) is 17.8 Å². The summed E-state index contributed by atoms with van der Waals surface area (Å²) in [6.07, 6.45) is 5.45. The van der Waals surface area contributed by atoms with E-state index in [0.717, 1.165) is 22.4 Å². The molecule has 0 bridgehead atoms. The molecule has 2 amide bonds. The summed E-state index contributed by atoms with van der Waals surface area (Å²) in [6, 6.07) is 6.00. The molecule has 0 radical (unpaired) electrons. The summed E-state index contributed by atoms with van der Waals surface area (Å²) in [7, 11) is 0. The molecular formula is C18H22N2O. The van der Waals surface area contributed by atoms with Gasteiger partial charge in [-0.3, -0.25) is 0 Å². The van der Waals surface area contributed by atoms with Crippen molar-refractivity contribution < 1.29 is 4.79 Å². The van der Waals surface area contributed by atoms with Crippen molar-refractivity contribution in [1.82, 2.24) is 4.90 Å². The molecule has 0 aromatic heterocycles. The SMILES string of the molecule is C=C/C=C(\C=C)[C@]1(C)c2cc(C)ccc2NC(=O)N1CC. The molecule has 1 aliphatic rings. The Balaban J connectivity index is 2.77. The fourth-order valence-corrected chi connectivity index (χ4v) is 3.03. The van der Waals surface area contributed by atoms with Crippen LogP contribution >= 0.6 is 0 Å². The van der Waals surface area contributed by atoms with Crippen molar-refractivity contribution in [1.29, 1.82) is 0 Å². The Morgan fingerprint density at radius 1 is 1.43 bits per heavy atom. The lowest BCUT2D eigenvalue weighted by Crippen LogP contribution is -2.53. The minimum absolute atomic E-state index is 0.0897. The van der Waals surface area contributed by atoms with Crippen LogP contribution in [0.15, 0.2) is 55.2 Å². The second-order valence-electron chi connectivity index (χ2n) is 5.36. The van der Waals surface area contributed by atoms with Crippen molar-refractivity contribution in [2.24, 2.45) is 0 Å². The summed E-state index contributed by atoms with van der Waals surface area (Å²) in [4.78, 5) is 14.3. The first-order valence-corrected chi connectivity index (χ1v) is 7.14. The number of likely N-dealkylation sites (N-methyl/N-ethyl adjacent to an activating group) is 1. The standard InChI is InChI=1S/C18H22N2O/c1-6-9-14(7-2)18(5)15-12-13(4)10-11-16(15)19-17(21)20(18)8-3/h6-7,9-12H,1-2,8H2,3-5H3,(H,19,21)/b14-9+/t18-/m1/s1. The van der Waals surface area contributed by atoms with Gasteiger partial charge in [0.2, 0.25) is 0 Å². The molecule has 1 aliphatic heterocycles. The van der Waals surface area contributed by atoms with E-state index < -0.39 is 5.54 Å². The maximum absolute atomic E-state index is 12.4. The van der Waals surface area contributed by atoms with Crippen molar-refractivity contribution in [3.63, 3.8) is 0 Å². The number of allylic oxidation sites excluding steroid dienone is 2. The molecular weight excluding hydrogens is 260 g/mol. The Kier molecular flexibility index (Phi) is 4.03. The van der Waals surface area contributed by atoms with E-state index in [-0.39, 0.29) is 6.03 Å². The smallest absolute Gasteiger partial charge is 0.311 e. The Morgan fingerprint density at radius 2 is 2.14 bits per heavy atom. The van der Waals surface area contributed by atoms with Crippen molar-refractivity contribution >= 4 is 11.7 Å². The van der Waals surface area contributed by atoms with Crippen molar-refractivity contribution in [2.45, 2.75) is 26.3 Å². The zero-order chi connectivity index (χ0) is 15.6. The highest BCUT2D eigenvalue weighted by Gasteiger charge is 2.43. The molecule has 1 atom stereocenters. The lowest BCUT2D eigenvalue weighted by Gasteiger charge is -2.46. The van der Waals surface area contributed by atoms with E-state index in [1.807, 2.05) is 30.0 Å². The van der Waals surface area contributed by atoms with Gasteiger partial charge in [-0.2, -0.15) is 0 Å². The normalized spacial score (nSPS) is 21.6. The molecule has 1 N–H and O–H groups in total. The van der Waals surface area contributed by atoms with Gasteiger partial charge in [-0.15, -0.1) is 0 Å². The third-order valence-corrected chi connectivity index (χ3v) is 4.12. The number of carbonyl (C=O) groups excluding carboxylic acids is 1. The van der Waals surface area contributed by atoms with Crippen LogP contribution in [0.25, 0.3) is 0 Å². The number of fused-ring (bicyclic) bond motifs is 1.